The van der Waals surface area contributed by atoms with Crippen LogP contribution in [0.3, 0.4) is 0 Å². The number of hydrogen-bond acceptors (Lipinski definition) is 5. The van der Waals surface area contributed by atoms with Gasteiger partial charge in [-0.15, -0.1) is 0 Å². The highest BCUT2D eigenvalue weighted by atomic mass is 32.2. The Kier molecular flexibility index (Phi) is 6.18. The normalized spacial score (nSPS) is 14.9. The average Bonchev–Trinajstić information content (AvgIpc) is 3.30. The third-order valence-electron chi connectivity index (χ3n) is 4.81. The molecule has 0 saturated carbocycles. The summed E-state index contributed by atoms with van der Waals surface area (Å²) in [6.45, 7) is 1.92. The molecule has 0 bridgehead atoms. The fourth-order valence-electron chi connectivity index (χ4n) is 3.21. The Morgan fingerprint density at radius 2 is 1.84 bits per heavy atom. The molecule has 32 heavy (non-hydrogen) atoms. The van der Waals surface area contributed by atoms with Crippen molar-refractivity contribution >= 4 is 34.9 Å². The summed E-state index contributed by atoms with van der Waals surface area (Å²) in [5.41, 5.74) is 2.10. The van der Waals surface area contributed by atoms with Gasteiger partial charge in [0, 0.05) is 24.3 Å². The van der Waals surface area contributed by atoms with Crippen molar-refractivity contribution in [2.45, 2.75) is 6.92 Å². The number of benzene rings is 2. The number of nitrogens with zero attached hydrogens (tertiary/aromatic N) is 3. The first-order valence-electron chi connectivity index (χ1n) is 9.84. The summed E-state index contributed by atoms with van der Waals surface area (Å²) in [5.74, 6) is -1.39. The Morgan fingerprint density at radius 1 is 1.12 bits per heavy atom. The number of para-hydroxylation sites is 1. The number of rotatable bonds is 6. The van der Waals surface area contributed by atoms with Crippen molar-refractivity contribution in [2.24, 2.45) is 0 Å². The summed E-state index contributed by atoms with van der Waals surface area (Å²) in [6, 6.07) is 17.1. The molecule has 0 aliphatic carbocycles. The minimum absolute atomic E-state index is 0.00337. The van der Waals surface area contributed by atoms with Gasteiger partial charge in [0.15, 0.2) is 5.69 Å². The minimum atomic E-state index is -0.512. The highest BCUT2D eigenvalue weighted by molar-refractivity contribution is 8.18. The number of thioether (sulfide) groups is 1. The Morgan fingerprint density at radius 3 is 2.59 bits per heavy atom. The van der Waals surface area contributed by atoms with Crippen molar-refractivity contribution in [1.82, 2.24) is 20.0 Å². The quantitative estimate of drug-likeness (QED) is 0.578. The molecule has 0 unspecified atom stereocenters. The number of halogens is 1. The molecule has 1 aliphatic heterocycles. The van der Waals surface area contributed by atoms with E-state index in [1.165, 1.54) is 18.2 Å². The molecule has 0 radical (unpaired) electrons. The van der Waals surface area contributed by atoms with Gasteiger partial charge in [-0.3, -0.25) is 19.3 Å². The van der Waals surface area contributed by atoms with Gasteiger partial charge in [0.1, 0.15) is 5.82 Å². The number of hydrogen-bond donors (Lipinski definition) is 1. The van der Waals surface area contributed by atoms with Gasteiger partial charge in [0.05, 0.1) is 10.6 Å². The maximum Gasteiger partial charge on any atom is 0.293 e. The molecule has 1 aromatic heterocycles. The molecule has 9 heteroatoms. The van der Waals surface area contributed by atoms with Crippen LogP contribution >= 0.6 is 11.8 Å². The summed E-state index contributed by atoms with van der Waals surface area (Å²) in [5, 5.41) is 6.56. The number of aromatic nitrogens is 2. The van der Waals surface area contributed by atoms with Crippen LogP contribution in [0, 0.1) is 12.7 Å². The molecule has 0 atom stereocenters. The van der Waals surface area contributed by atoms with E-state index >= 15 is 0 Å². The molecule has 162 valence electrons. The van der Waals surface area contributed by atoms with Gasteiger partial charge in [0.2, 0.25) is 0 Å². The number of carbonyl (C=O) groups is 3. The van der Waals surface area contributed by atoms with Gasteiger partial charge in [-0.05, 0) is 49.0 Å². The lowest BCUT2D eigenvalue weighted by Crippen LogP contribution is -2.37. The second-order valence-electron chi connectivity index (χ2n) is 7.03. The van der Waals surface area contributed by atoms with E-state index in [0.29, 0.717) is 0 Å². The van der Waals surface area contributed by atoms with Crippen molar-refractivity contribution in [3.05, 3.63) is 88.3 Å². The SMILES string of the molecule is Cc1cc(C(=O)NCCN2C(=O)S/C(=C\c3ccccc3F)C2=O)nn1-c1ccccc1. The molecule has 0 spiro atoms. The molecule has 4 rings (SSSR count). The molecular weight excluding hydrogens is 431 g/mol. The number of carbonyl (C=O) groups excluding carboxylic acids is 3. The van der Waals surface area contributed by atoms with Gasteiger partial charge in [-0.25, -0.2) is 9.07 Å². The second-order valence-corrected chi connectivity index (χ2v) is 8.02. The van der Waals surface area contributed by atoms with Crippen LogP contribution in [-0.2, 0) is 4.79 Å². The van der Waals surface area contributed by atoms with E-state index in [0.717, 1.165) is 28.0 Å². The van der Waals surface area contributed by atoms with E-state index in [-0.39, 0.29) is 29.3 Å². The zero-order chi connectivity index (χ0) is 22.7. The zero-order valence-electron chi connectivity index (χ0n) is 17.1. The molecule has 3 amide bonds. The molecular formula is C23H19FN4O3S. The molecule has 1 N–H and O–H groups in total. The topological polar surface area (TPSA) is 84.3 Å². The Labute approximate surface area is 187 Å². The minimum Gasteiger partial charge on any atom is -0.349 e. The number of aryl methyl sites for hydroxylation is 1. The number of nitrogens with one attached hydrogen (secondary N) is 1. The van der Waals surface area contributed by atoms with E-state index in [2.05, 4.69) is 10.4 Å². The highest BCUT2D eigenvalue weighted by Gasteiger charge is 2.34. The summed E-state index contributed by atoms with van der Waals surface area (Å²) < 4.78 is 15.5. The van der Waals surface area contributed by atoms with Crippen molar-refractivity contribution in [2.75, 3.05) is 13.1 Å². The third kappa shape index (κ3) is 4.47. The van der Waals surface area contributed by atoms with Crippen molar-refractivity contribution < 1.29 is 18.8 Å². The highest BCUT2D eigenvalue weighted by Crippen LogP contribution is 2.32. The third-order valence-corrected chi connectivity index (χ3v) is 5.71. The lowest BCUT2D eigenvalue weighted by atomic mass is 10.2. The van der Waals surface area contributed by atoms with E-state index in [4.69, 9.17) is 0 Å². The molecule has 1 aliphatic rings. The Balaban J connectivity index is 1.37. The smallest absolute Gasteiger partial charge is 0.293 e. The van der Waals surface area contributed by atoms with Crippen molar-refractivity contribution in [3.8, 4) is 5.69 Å². The number of imide groups is 1. The second kappa shape index (κ2) is 9.19. The first kappa shape index (κ1) is 21.5. The fraction of sp³-hybridized carbons (Fsp3) is 0.130. The zero-order valence-corrected chi connectivity index (χ0v) is 17.9. The lowest BCUT2D eigenvalue weighted by molar-refractivity contribution is -0.122. The monoisotopic (exact) mass is 450 g/mol. The van der Waals surface area contributed by atoms with Crippen LogP contribution in [-0.4, -0.2) is 44.8 Å². The van der Waals surface area contributed by atoms with Gasteiger partial charge >= 0.3 is 0 Å². The summed E-state index contributed by atoms with van der Waals surface area (Å²) in [7, 11) is 0. The molecule has 1 saturated heterocycles. The maximum atomic E-state index is 13.8. The molecule has 7 nitrogen and oxygen atoms in total. The van der Waals surface area contributed by atoms with E-state index < -0.39 is 22.9 Å². The van der Waals surface area contributed by atoms with Gasteiger partial charge < -0.3 is 5.32 Å². The molecule has 2 heterocycles. The predicted molar refractivity (Wildman–Crippen MR) is 120 cm³/mol. The van der Waals surface area contributed by atoms with Crippen LogP contribution in [0.4, 0.5) is 9.18 Å². The largest absolute Gasteiger partial charge is 0.349 e. The van der Waals surface area contributed by atoms with Crippen LogP contribution in [0.2, 0.25) is 0 Å². The predicted octanol–water partition coefficient (Wildman–Crippen LogP) is 3.79. The van der Waals surface area contributed by atoms with Crippen LogP contribution in [0.5, 0.6) is 0 Å². The Hall–Kier alpha value is -3.72. The van der Waals surface area contributed by atoms with E-state index in [9.17, 15) is 18.8 Å². The fourth-order valence-corrected chi connectivity index (χ4v) is 4.07. The van der Waals surface area contributed by atoms with E-state index in [1.54, 1.807) is 22.9 Å². The first-order chi connectivity index (χ1) is 15.4. The van der Waals surface area contributed by atoms with Crippen LogP contribution in [0.25, 0.3) is 11.8 Å². The van der Waals surface area contributed by atoms with Gasteiger partial charge in [-0.1, -0.05) is 36.4 Å². The molecule has 2 aromatic carbocycles. The maximum absolute atomic E-state index is 13.8. The summed E-state index contributed by atoms with van der Waals surface area (Å²) >= 11 is 0.747. The molecule has 1 fully saturated rings. The average molecular weight is 450 g/mol. The summed E-state index contributed by atoms with van der Waals surface area (Å²) in [6.07, 6.45) is 1.36. The van der Waals surface area contributed by atoms with Crippen LogP contribution in [0.15, 0.2) is 65.6 Å². The Bertz CT molecular complexity index is 1220. The van der Waals surface area contributed by atoms with Crippen LogP contribution in [0.1, 0.15) is 21.7 Å². The number of amides is 3. The van der Waals surface area contributed by atoms with Crippen LogP contribution < -0.4 is 5.32 Å². The van der Waals surface area contributed by atoms with Gasteiger partial charge in [0.25, 0.3) is 17.1 Å². The van der Waals surface area contributed by atoms with Crippen molar-refractivity contribution in [3.63, 3.8) is 0 Å². The van der Waals surface area contributed by atoms with Crippen molar-refractivity contribution in [1.29, 1.82) is 0 Å². The standard InChI is InChI=1S/C23H19FN4O3S/c1-15-13-19(26-28(15)17-8-3-2-4-9-17)21(29)25-11-12-27-22(30)20(32-23(27)31)14-16-7-5-6-10-18(16)24/h2-10,13-14H,11-12H2,1H3,(H,25,29)/b20-14-. The van der Waals surface area contributed by atoms with E-state index in [1.807, 2.05) is 37.3 Å². The lowest BCUT2D eigenvalue weighted by Gasteiger charge is -2.12. The van der Waals surface area contributed by atoms with Gasteiger partial charge in [-0.2, -0.15) is 5.10 Å². The summed E-state index contributed by atoms with van der Waals surface area (Å²) in [4.78, 5) is 38.4. The molecule has 3 aromatic rings. The first-order valence-corrected chi connectivity index (χ1v) is 10.7.